The van der Waals surface area contributed by atoms with Gasteiger partial charge in [-0.05, 0) is 36.4 Å². The average molecular weight is 506 g/mol. The normalized spacial score (nSPS) is 11.8. The Kier molecular flexibility index (Phi) is 7.27. The molecular formula is C19H12F6N4O2S2. The molecule has 2 aromatic carbocycles. The van der Waals surface area contributed by atoms with Crippen LogP contribution in [-0.2, 0) is 17.1 Å². The van der Waals surface area contributed by atoms with E-state index in [1.54, 1.807) is 0 Å². The number of amides is 2. The highest BCUT2D eigenvalue weighted by Crippen LogP contribution is 2.32. The Bertz CT molecular complexity index is 1160. The number of halogens is 6. The first kappa shape index (κ1) is 24.5. The van der Waals surface area contributed by atoms with Crippen molar-refractivity contribution in [1.82, 2.24) is 10.2 Å². The van der Waals surface area contributed by atoms with Crippen LogP contribution >= 0.6 is 23.1 Å². The van der Waals surface area contributed by atoms with Crippen LogP contribution in [0.1, 0.15) is 21.5 Å². The molecule has 3 rings (SSSR count). The molecule has 0 aliphatic carbocycles. The number of hydrogen-bond acceptors (Lipinski definition) is 6. The number of carbonyl (C=O) groups is 2. The van der Waals surface area contributed by atoms with Gasteiger partial charge in [0.15, 0.2) is 4.34 Å². The second kappa shape index (κ2) is 9.79. The molecule has 14 heteroatoms. The number of benzene rings is 2. The smallest absolute Gasteiger partial charge is 0.325 e. The summed E-state index contributed by atoms with van der Waals surface area (Å²) < 4.78 is 76.8. The monoisotopic (exact) mass is 506 g/mol. The van der Waals surface area contributed by atoms with E-state index < -0.39 is 35.3 Å². The summed E-state index contributed by atoms with van der Waals surface area (Å²) in [5, 5.41) is 12.1. The molecule has 6 nitrogen and oxygen atoms in total. The minimum Gasteiger partial charge on any atom is -0.325 e. The van der Waals surface area contributed by atoms with Crippen LogP contribution in [0.3, 0.4) is 0 Å². The van der Waals surface area contributed by atoms with E-state index in [1.165, 1.54) is 12.1 Å². The maximum Gasteiger partial charge on any atom is 0.416 e. The van der Waals surface area contributed by atoms with Crippen molar-refractivity contribution in [2.75, 3.05) is 16.4 Å². The number of nitrogens with one attached hydrogen (secondary N) is 2. The topological polar surface area (TPSA) is 84.0 Å². The number of thioether (sulfide) groups is 1. The van der Waals surface area contributed by atoms with Crippen LogP contribution in [0, 0.1) is 0 Å². The Morgan fingerprint density at radius 2 is 1.52 bits per heavy atom. The van der Waals surface area contributed by atoms with E-state index in [1.807, 2.05) is 0 Å². The van der Waals surface area contributed by atoms with Crippen molar-refractivity contribution < 1.29 is 35.9 Å². The van der Waals surface area contributed by atoms with E-state index >= 15 is 0 Å². The van der Waals surface area contributed by atoms with E-state index in [0.29, 0.717) is 6.07 Å². The molecule has 0 aliphatic rings. The van der Waals surface area contributed by atoms with Crippen molar-refractivity contribution in [2.45, 2.75) is 16.7 Å². The predicted octanol–water partition coefficient (Wildman–Crippen LogP) is 5.56. The van der Waals surface area contributed by atoms with Gasteiger partial charge < -0.3 is 5.32 Å². The fourth-order valence-electron chi connectivity index (χ4n) is 2.42. The molecule has 0 saturated heterocycles. The zero-order chi connectivity index (χ0) is 24.2. The van der Waals surface area contributed by atoms with E-state index in [2.05, 4.69) is 20.8 Å². The third kappa shape index (κ3) is 6.92. The highest BCUT2D eigenvalue weighted by molar-refractivity contribution is 8.01. The molecule has 2 amide bonds. The van der Waals surface area contributed by atoms with Gasteiger partial charge in [0.1, 0.15) is 0 Å². The largest absolute Gasteiger partial charge is 0.416 e. The summed E-state index contributed by atoms with van der Waals surface area (Å²) in [6.07, 6.45) is -9.14. The lowest BCUT2D eigenvalue weighted by atomic mass is 10.1. The number of aromatic nitrogens is 2. The molecule has 174 valence electrons. The highest BCUT2D eigenvalue weighted by Gasteiger charge is 2.31. The van der Waals surface area contributed by atoms with Gasteiger partial charge in [-0.2, -0.15) is 26.3 Å². The molecule has 3 aromatic rings. The van der Waals surface area contributed by atoms with E-state index in [-0.39, 0.29) is 26.5 Å². The van der Waals surface area contributed by atoms with E-state index in [0.717, 1.165) is 53.4 Å². The molecule has 0 unspecified atom stereocenters. The first-order chi connectivity index (χ1) is 15.4. The molecule has 0 saturated carbocycles. The Labute approximate surface area is 190 Å². The number of nitrogens with zero attached hydrogens (tertiary/aromatic N) is 2. The van der Waals surface area contributed by atoms with E-state index in [9.17, 15) is 35.9 Å². The maximum absolute atomic E-state index is 12.8. The number of rotatable bonds is 6. The molecule has 2 N–H and O–H groups in total. The van der Waals surface area contributed by atoms with Gasteiger partial charge in [-0.3, -0.25) is 14.9 Å². The Hall–Kier alpha value is -3.13. The van der Waals surface area contributed by atoms with Gasteiger partial charge in [-0.15, -0.1) is 10.2 Å². The van der Waals surface area contributed by atoms with Crippen LogP contribution in [0.2, 0.25) is 0 Å². The number of carbonyl (C=O) groups excluding carboxylic acids is 2. The minimum absolute atomic E-state index is 0.00167. The van der Waals surface area contributed by atoms with Crippen molar-refractivity contribution in [3.05, 3.63) is 65.2 Å². The lowest BCUT2D eigenvalue weighted by Crippen LogP contribution is -2.15. The van der Waals surface area contributed by atoms with Gasteiger partial charge in [0.25, 0.3) is 5.91 Å². The zero-order valence-corrected chi connectivity index (χ0v) is 17.8. The first-order valence-electron chi connectivity index (χ1n) is 8.84. The highest BCUT2D eigenvalue weighted by atomic mass is 32.2. The van der Waals surface area contributed by atoms with Gasteiger partial charge in [-0.25, -0.2) is 0 Å². The summed E-state index contributed by atoms with van der Waals surface area (Å²) in [4.78, 5) is 24.2. The number of anilines is 2. The summed E-state index contributed by atoms with van der Waals surface area (Å²) in [5.41, 5.74) is -2.13. The van der Waals surface area contributed by atoms with Gasteiger partial charge in [0.2, 0.25) is 11.0 Å². The second-order valence-electron chi connectivity index (χ2n) is 6.32. The lowest BCUT2D eigenvalue weighted by molar-refractivity contribution is -0.138. The molecule has 33 heavy (non-hydrogen) atoms. The van der Waals surface area contributed by atoms with E-state index in [4.69, 9.17) is 0 Å². The SMILES string of the molecule is O=C(CSc1nnc(NC(=O)c2cccc(C(F)(F)F)c2)s1)Nc1cccc(C(F)(F)F)c1. The van der Waals surface area contributed by atoms with Crippen molar-refractivity contribution in [2.24, 2.45) is 0 Å². The first-order valence-corrected chi connectivity index (χ1v) is 10.6. The van der Waals surface area contributed by atoms with Crippen LogP contribution in [-0.4, -0.2) is 27.8 Å². The van der Waals surface area contributed by atoms with Crippen LogP contribution in [0.15, 0.2) is 52.9 Å². The number of alkyl halides is 6. The standard InChI is InChI=1S/C19H12F6N4O2S2/c20-18(21,22)11-4-1-3-10(7-11)15(31)27-16-28-29-17(33-16)32-9-14(30)26-13-6-2-5-12(8-13)19(23,24)25/h1-8H,9H2,(H,26,30)(H,27,28,31). The molecule has 1 aromatic heterocycles. The van der Waals surface area contributed by atoms with Crippen LogP contribution in [0.25, 0.3) is 0 Å². The number of hydrogen-bond donors (Lipinski definition) is 2. The fourth-order valence-corrected chi connectivity index (χ4v) is 3.97. The molecule has 0 fully saturated rings. The molecule has 0 spiro atoms. The minimum atomic E-state index is -4.60. The van der Waals surface area contributed by atoms with Crippen molar-refractivity contribution in [1.29, 1.82) is 0 Å². The van der Waals surface area contributed by atoms with Crippen molar-refractivity contribution in [3.8, 4) is 0 Å². The molecular weight excluding hydrogens is 494 g/mol. The summed E-state index contributed by atoms with van der Waals surface area (Å²) in [7, 11) is 0. The Morgan fingerprint density at radius 3 is 2.18 bits per heavy atom. The molecule has 0 bridgehead atoms. The summed E-state index contributed by atoms with van der Waals surface area (Å²) in [6, 6.07) is 7.99. The third-order valence-corrected chi connectivity index (χ3v) is 5.85. The third-order valence-electron chi connectivity index (χ3n) is 3.88. The molecule has 0 aliphatic heterocycles. The summed E-state index contributed by atoms with van der Waals surface area (Å²) in [5.74, 6) is -1.62. The van der Waals surface area contributed by atoms with Crippen molar-refractivity contribution in [3.63, 3.8) is 0 Å². The van der Waals surface area contributed by atoms with Crippen LogP contribution in [0.5, 0.6) is 0 Å². The average Bonchev–Trinajstić information content (AvgIpc) is 3.18. The van der Waals surface area contributed by atoms with Gasteiger partial charge >= 0.3 is 12.4 Å². The van der Waals surface area contributed by atoms with Gasteiger partial charge in [-0.1, -0.05) is 35.2 Å². The van der Waals surface area contributed by atoms with Crippen LogP contribution < -0.4 is 10.6 Å². The summed E-state index contributed by atoms with van der Waals surface area (Å²) in [6.45, 7) is 0. The maximum atomic E-state index is 12.8. The fraction of sp³-hybridized carbons (Fsp3) is 0.158. The molecule has 1 heterocycles. The van der Waals surface area contributed by atoms with Gasteiger partial charge in [0.05, 0.1) is 16.9 Å². The Morgan fingerprint density at radius 1 is 0.879 bits per heavy atom. The predicted molar refractivity (Wildman–Crippen MR) is 110 cm³/mol. The van der Waals surface area contributed by atoms with Gasteiger partial charge in [0, 0.05) is 11.3 Å². The molecule has 0 radical (unpaired) electrons. The quantitative estimate of drug-likeness (QED) is 0.260. The molecule has 0 atom stereocenters. The zero-order valence-electron chi connectivity index (χ0n) is 16.1. The van der Waals surface area contributed by atoms with Crippen LogP contribution in [0.4, 0.5) is 37.2 Å². The lowest BCUT2D eigenvalue weighted by Gasteiger charge is -2.09. The van der Waals surface area contributed by atoms with Crippen molar-refractivity contribution >= 4 is 45.7 Å². The second-order valence-corrected chi connectivity index (χ2v) is 8.52. The summed E-state index contributed by atoms with van der Waals surface area (Å²) >= 11 is 1.80. The Balaban J connectivity index is 1.55.